The van der Waals surface area contributed by atoms with Crippen molar-refractivity contribution in [2.45, 2.75) is 32.8 Å². The minimum atomic E-state index is -2.53. The minimum Gasteiger partial charge on any atom is -0.375 e. The number of hydrogen-bond acceptors (Lipinski definition) is 4. The summed E-state index contributed by atoms with van der Waals surface area (Å²) in [6, 6.07) is 0. The minimum absolute atomic E-state index is 0.266. The zero-order chi connectivity index (χ0) is 11.0. The molecule has 0 atom stereocenters. The van der Waals surface area contributed by atoms with Gasteiger partial charge in [0.15, 0.2) is 0 Å². The molecule has 86 valence electrons. The van der Waals surface area contributed by atoms with E-state index in [-0.39, 0.29) is 6.10 Å². The molecular formula is C9H22O4Si. The maximum absolute atomic E-state index is 5.67. The van der Waals surface area contributed by atoms with Gasteiger partial charge in [-0.25, -0.2) is 0 Å². The van der Waals surface area contributed by atoms with E-state index in [4.69, 9.17) is 18.0 Å². The van der Waals surface area contributed by atoms with Crippen molar-refractivity contribution in [3.63, 3.8) is 0 Å². The van der Waals surface area contributed by atoms with E-state index in [1.165, 1.54) is 0 Å². The molecular weight excluding hydrogens is 200 g/mol. The van der Waals surface area contributed by atoms with E-state index in [0.29, 0.717) is 6.23 Å². The van der Waals surface area contributed by atoms with Crippen molar-refractivity contribution in [3.8, 4) is 0 Å². The average molecular weight is 222 g/mol. The molecule has 0 aliphatic rings. The van der Waals surface area contributed by atoms with E-state index in [9.17, 15) is 0 Å². The van der Waals surface area contributed by atoms with Crippen LogP contribution in [0.3, 0.4) is 0 Å². The highest BCUT2D eigenvalue weighted by Gasteiger charge is 2.39. The molecule has 0 bridgehead atoms. The predicted octanol–water partition coefficient (Wildman–Crippen LogP) is 1.61. The lowest BCUT2D eigenvalue weighted by molar-refractivity contribution is 0.0220. The van der Waals surface area contributed by atoms with Crippen LogP contribution in [0.2, 0.25) is 0 Å². The van der Waals surface area contributed by atoms with Gasteiger partial charge in [0.2, 0.25) is 0 Å². The first-order valence-corrected chi connectivity index (χ1v) is 6.88. The molecule has 0 aliphatic carbocycles. The van der Waals surface area contributed by atoms with E-state index in [1.54, 1.807) is 21.3 Å². The maximum atomic E-state index is 5.67. The molecule has 0 aromatic heterocycles. The summed E-state index contributed by atoms with van der Waals surface area (Å²) in [7, 11) is 2.24. The van der Waals surface area contributed by atoms with Gasteiger partial charge >= 0.3 is 8.80 Å². The second-order valence-corrected chi connectivity index (χ2v) is 5.92. The van der Waals surface area contributed by atoms with Crippen molar-refractivity contribution in [2.75, 3.05) is 27.6 Å². The van der Waals surface area contributed by atoms with E-state index in [0.717, 1.165) is 12.8 Å². The smallest absolute Gasteiger partial charge is 0.375 e. The second kappa shape index (κ2) is 7.36. The molecule has 0 fully saturated rings. The quantitative estimate of drug-likeness (QED) is 0.585. The Balaban J connectivity index is 4.04. The van der Waals surface area contributed by atoms with Crippen LogP contribution >= 0.6 is 0 Å². The Kier molecular flexibility index (Phi) is 7.39. The topological polar surface area (TPSA) is 36.9 Å². The number of ether oxygens (including phenoxy) is 1. The van der Waals surface area contributed by atoms with Gasteiger partial charge in [0.25, 0.3) is 0 Å². The third kappa shape index (κ3) is 4.06. The van der Waals surface area contributed by atoms with Crippen molar-refractivity contribution in [1.82, 2.24) is 0 Å². The fraction of sp³-hybridized carbons (Fsp3) is 1.00. The van der Waals surface area contributed by atoms with Crippen molar-refractivity contribution in [2.24, 2.45) is 0 Å². The van der Waals surface area contributed by atoms with Gasteiger partial charge in [0.05, 0.1) is 6.10 Å². The summed E-state index contributed by atoms with van der Waals surface area (Å²) in [5.41, 5.74) is 0. The first-order valence-electron chi connectivity index (χ1n) is 4.95. The standard InChI is InChI=1S/C9H22O4Si/c1-6-9(7-2)13-8-14(10-3,11-4)12-5/h9H,6-8H2,1-5H3. The van der Waals surface area contributed by atoms with Crippen LogP contribution < -0.4 is 0 Å². The normalized spacial score (nSPS) is 12.4. The molecule has 0 aromatic carbocycles. The van der Waals surface area contributed by atoms with Gasteiger partial charge in [0, 0.05) is 21.3 Å². The van der Waals surface area contributed by atoms with Crippen LogP contribution in [-0.4, -0.2) is 42.5 Å². The van der Waals surface area contributed by atoms with Crippen LogP contribution in [0.15, 0.2) is 0 Å². The van der Waals surface area contributed by atoms with E-state index in [1.807, 2.05) is 0 Å². The number of hydrogen-bond donors (Lipinski definition) is 0. The molecule has 0 N–H and O–H groups in total. The molecule has 0 rings (SSSR count). The first-order chi connectivity index (χ1) is 6.67. The fourth-order valence-corrected chi connectivity index (χ4v) is 2.46. The van der Waals surface area contributed by atoms with E-state index in [2.05, 4.69) is 13.8 Å². The lowest BCUT2D eigenvalue weighted by Gasteiger charge is -2.26. The van der Waals surface area contributed by atoms with Crippen LogP contribution in [0.5, 0.6) is 0 Å². The molecule has 0 aliphatic heterocycles. The molecule has 14 heavy (non-hydrogen) atoms. The molecule has 0 saturated heterocycles. The highest BCUT2D eigenvalue weighted by molar-refractivity contribution is 6.60. The predicted molar refractivity (Wildman–Crippen MR) is 57.1 cm³/mol. The van der Waals surface area contributed by atoms with Gasteiger partial charge in [-0.15, -0.1) is 0 Å². The molecule has 0 heterocycles. The third-order valence-corrected chi connectivity index (χ3v) is 4.73. The molecule has 5 heteroatoms. The summed E-state index contributed by atoms with van der Waals surface area (Å²) >= 11 is 0. The maximum Gasteiger partial charge on any atom is 0.527 e. The van der Waals surface area contributed by atoms with Crippen molar-refractivity contribution < 1.29 is 18.0 Å². The third-order valence-electron chi connectivity index (χ3n) is 2.34. The van der Waals surface area contributed by atoms with Crippen LogP contribution in [0.25, 0.3) is 0 Å². The fourth-order valence-electron chi connectivity index (χ4n) is 1.17. The molecule has 0 radical (unpaired) electrons. The summed E-state index contributed by atoms with van der Waals surface area (Å²) in [5, 5.41) is 0. The Bertz CT molecular complexity index is 127. The summed E-state index contributed by atoms with van der Waals surface area (Å²) in [5.74, 6) is 0. The van der Waals surface area contributed by atoms with Gasteiger partial charge in [-0.3, -0.25) is 0 Å². The van der Waals surface area contributed by atoms with Crippen molar-refractivity contribution >= 4 is 8.80 Å². The Morgan fingerprint density at radius 3 is 1.64 bits per heavy atom. The largest absolute Gasteiger partial charge is 0.527 e. The summed E-state index contributed by atoms with van der Waals surface area (Å²) in [6.45, 7) is 4.20. The van der Waals surface area contributed by atoms with Crippen molar-refractivity contribution in [3.05, 3.63) is 0 Å². The SMILES string of the molecule is CCC(CC)OC[Si](OC)(OC)OC. The van der Waals surface area contributed by atoms with Crippen molar-refractivity contribution in [1.29, 1.82) is 0 Å². The van der Waals surface area contributed by atoms with Gasteiger partial charge in [-0.05, 0) is 12.8 Å². The molecule has 0 saturated carbocycles. The molecule has 0 unspecified atom stereocenters. The van der Waals surface area contributed by atoms with Crippen LogP contribution in [0.1, 0.15) is 26.7 Å². The lowest BCUT2D eigenvalue weighted by atomic mass is 10.2. The zero-order valence-electron chi connectivity index (χ0n) is 9.83. The summed E-state index contributed by atoms with van der Waals surface area (Å²) in [6.07, 6.45) is 2.68. The monoisotopic (exact) mass is 222 g/mol. The Morgan fingerprint density at radius 2 is 1.36 bits per heavy atom. The highest BCUT2D eigenvalue weighted by atomic mass is 28.4. The van der Waals surface area contributed by atoms with Crippen LogP contribution in [-0.2, 0) is 18.0 Å². The van der Waals surface area contributed by atoms with Crippen LogP contribution in [0.4, 0.5) is 0 Å². The van der Waals surface area contributed by atoms with Crippen LogP contribution in [0, 0.1) is 0 Å². The molecule has 0 spiro atoms. The van der Waals surface area contributed by atoms with Gasteiger partial charge < -0.3 is 18.0 Å². The Morgan fingerprint density at radius 1 is 0.929 bits per heavy atom. The van der Waals surface area contributed by atoms with E-state index >= 15 is 0 Å². The summed E-state index contributed by atoms with van der Waals surface area (Å²) < 4.78 is 21.4. The zero-order valence-corrected chi connectivity index (χ0v) is 10.8. The average Bonchev–Trinajstić information content (AvgIpc) is 2.26. The second-order valence-electron chi connectivity index (χ2n) is 3.04. The molecule has 0 aromatic rings. The Labute approximate surface area is 87.9 Å². The van der Waals surface area contributed by atoms with Gasteiger partial charge in [-0.1, -0.05) is 13.8 Å². The molecule has 4 nitrogen and oxygen atoms in total. The highest BCUT2D eigenvalue weighted by Crippen LogP contribution is 2.10. The number of rotatable bonds is 8. The van der Waals surface area contributed by atoms with Gasteiger partial charge in [0.1, 0.15) is 6.23 Å². The lowest BCUT2D eigenvalue weighted by Crippen LogP contribution is -2.48. The Hall–Kier alpha value is 0.0569. The molecule has 0 amide bonds. The summed E-state index contributed by atoms with van der Waals surface area (Å²) in [4.78, 5) is 0. The van der Waals surface area contributed by atoms with Gasteiger partial charge in [-0.2, -0.15) is 0 Å². The first kappa shape index (κ1) is 14.1. The van der Waals surface area contributed by atoms with E-state index < -0.39 is 8.80 Å².